The summed E-state index contributed by atoms with van der Waals surface area (Å²) in [5.74, 6) is -1.16. The zero-order chi connectivity index (χ0) is 11.7. The number of aliphatic carboxylic acids is 1. The van der Waals surface area contributed by atoms with Crippen LogP contribution in [0.1, 0.15) is 24.8 Å². The highest BCUT2D eigenvalue weighted by Crippen LogP contribution is 2.29. The quantitative estimate of drug-likeness (QED) is 0.859. The van der Waals surface area contributed by atoms with Gasteiger partial charge in [0.2, 0.25) is 0 Å². The van der Waals surface area contributed by atoms with Crippen LogP contribution in [0.25, 0.3) is 10.9 Å². The number of nitrogens with zero attached hydrogens (tertiary/aromatic N) is 1. The zero-order valence-corrected chi connectivity index (χ0v) is 9.47. The SMILES string of the molecule is CCC(C(=O)O)c1cn(C)c2ccccc12. The first kappa shape index (κ1) is 10.7. The van der Waals surface area contributed by atoms with Crippen molar-refractivity contribution < 1.29 is 9.90 Å². The number of hydrogen-bond acceptors (Lipinski definition) is 1. The molecular formula is C13H15NO2. The molecule has 2 aromatic rings. The number of carboxylic acid groups (broad SMARTS) is 1. The Morgan fingerprint density at radius 2 is 2.12 bits per heavy atom. The minimum atomic E-state index is -0.751. The normalized spacial score (nSPS) is 12.9. The van der Waals surface area contributed by atoms with E-state index in [2.05, 4.69) is 0 Å². The second-order valence-corrected chi connectivity index (χ2v) is 4.01. The number of hydrogen-bond donors (Lipinski definition) is 1. The van der Waals surface area contributed by atoms with Crippen LogP contribution in [0.4, 0.5) is 0 Å². The first-order valence-electron chi connectivity index (χ1n) is 5.42. The van der Waals surface area contributed by atoms with Crippen LogP contribution < -0.4 is 0 Å². The van der Waals surface area contributed by atoms with Gasteiger partial charge in [-0.1, -0.05) is 25.1 Å². The second-order valence-electron chi connectivity index (χ2n) is 4.01. The van der Waals surface area contributed by atoms with Crippen LogP contribution >= 0.6 is 0 Å². The lowest BCUT2D eigenvalue weighted by Crippen LogP contribution is -2.09. The Balaban J connectivity index is 2.64. The molecule has 1 atom stereocenters. The van der Waals surface area contributed by atoms with Crippen LogP contribution in [0.15, 0.2) is 30.5 Å². The van der Waals surface area contributed by atoms with Gasteiger partial charge in [0.15, 0.2) is 0 Å². The average molecular weight is 217 g/mol. The van der Waals surface area contributed by atoms with Crippen LogP contribution in [0.2, 0.25) is 0 Å². The Kier molecular flexibility index (Phi) is 2.69. The molecule has 1 unspecified atom stereocenters. The predicted molar refractivity (Wildman–Crippen MR) is 63.6 cm³/mol. The molecule has 3 nitrogen and oxygen atoms in total. The van der Waals surface area contributed by atoms with E-state index in [0.29, 0.717) is 6.42 Å². The van der Waals surface area contributed by atoms with Gasteiger partial charge in [0.25, 0.3) is 0 Å². The minimum Gasteiger partial charge on any atom is -0.481 e. The van der Waals surface area contributed by atoms with Gasteiger partial charge >= 0.3 is 5.97 Å². The van der Waals surface area contributed by atoms with Gasteiger partial charge < -0.3 is 9.67 Å². The number of aromatic nitrogens is 1. The Labute approximate surface area is 94.3 Å². The first-order valence-corrected chi connectivity index (χ1v) is 5.42. The summed E-state index contributed by atoms with van der Waals surface area (Å²) in [6.45, 7) is 1.90. The van der Waals surface area contributed by atoms with Crippen molar-refractivity contribution in [3.8, 4) is 0 Å². The number of rotatable bonds is 3. The molecule has 0 aliphatic heterocycles. The molecule has 0 spiro atoms. The fraction of sp³-hybridized carbons (Fsp3) is 0.308. The highest BCUT2D eigenvalue weighted by molar-refractivity contribution is 5.89. The maximum Gasteiger partial charge on any atom is 0.311 e. The fourth-order valence-corrected chi connectivity index (χ4v) is 2.18. The number of carbonyl (C=O) groups is 1. The van der Waals surface area contributed by atoms with Crippen LogP contribution in [-0.4, -0.2) is 15.6 Å². The molecule has 1 heterocycles. The predicted octanol–water partition coefficient (Wildman–Crippen LogP) is 2.76. The van der Waals surface area contributed by atoms with Gasteiger partial charge in [-0.15, -0.1) is 0 Å². The lowest BCUT2D eigenvalue weighted by molar-refractivity contribution is -0.138. The molecule has 0 fully saturated rings. The van der Waals surface area contributed by atoms with Crippen molar-refractivity contribution in [2.45, 2.75) is 19.3 Å². The molecule has 3 heteroatoms. The topological polar surface area (TPSA) is 42.2 Å². The second kappa shape index (κ2) is 4.00. The van der Waals surface area contributed by atoms with Crippen molar-refractivity contribution in [1.29, 1.82) is 0 Å². The molecule has 0 aliphatic carbocycles. The molecular weight excluding hydrogens is 202 g/mol. The van der Waals surface area contributed by atoms with Crippen molar-refractivity contribution in [3.63, 3.8) is 0 Å². The van der Waals surface area contributed by atoms with E-state index >= 15 is 0 Å². The largest absolute Gasteiger partial charge is 0.481 e. The van der Waals surface area contributed by atoms with Gasteiger partial charge in [0.1, 0.15) is 0 Å². The highest BCUT2D eigenvalue weighted by Gasteiger charge is 2.21. The van der Waals surface area contributed by atoms with Gasteiger partial charge in [0.05, 0.1) is 5.92 Å². The van der Waals surface area contributed by atoms with Crippen molar-refractivity contribution >= 4 is 16.9 Å². The maximum absolute atomic E-state index is 11.2. The summed E-state index contributed by atoms with van der Waals surface area (Å²) < 4.78 is 1.98. The molecule has 0 saturated heterocycles. The fourth-order valence-electron chi connectivity index (χ4n) is 2.18. The monoisotopic (exact) mass is 217 g/mol. The highest BCUT2D eigenvalue weighted by atomic mass is 16.4. The van der Waals surface area contributed by atoms with E-state index in [1.54, 1.807) is 0 Å². The van der Waals surface area contributed by atoms with E-state index in [9.17, 15) is 9.90 Å². The Morgan fingerprint density at radius 1 is 1.44 bits per heavy atom. The molecule has 84 valence electrons. The summed E-state index contributed by atoms with van der Waals surface area (Å²) in [6, 6.07) is 7.90. The smallest absolute Gasteiger partial charge is 0.311 e. The molecule has 0 radical (unpaired) electrons. The van der Waals surface area contributed by atoms with Crippen LogP contribution in [-0.2, 0) is 11.8 Å². The van der Waals surface area contributed by atoms with Crippen LogP contribution in [0, 0.1) is 0 Å². The van der Waals surface area contributed by atoms with Gasteiger partial charge in [-0.2, -0.15) is 0 Å². The summed E-state index contributed by atoms with van der Waals surface area (Å²) in [4.78, 5) is 11.2. The van der Waals surface area contributed by atoms with Crippen LogP contribution in [0.3, 0.4) is 0 Å². The summed E-state index contributed by atoms with van der Waals surface area (Å²) in [5.41, 5.74) is 1.99. The van der Waals surface area contributed by atoms with E-state index in [0.717, 1.165) is 16.5 Å². The summed E-state index contributed by atoms with van der Waals surface area (Å²) in [5, 5.41) is 10.2. The number of benzene rings is 1. The van der Waals surface area contributed by atoms with Crippen molar-refractivity contribution in [2.75, 3.05) is 0 Å². The first-order chi connectivity index (χ1) is 7.65. The Hall–Kier alpha value is -1.77. The lowest BCUT2D eigenvalue weighted by atomic mass is 9.96. The third-order valence-corrected chi connectivity index (χ3v) is 3.01. The Morgan fingerprint density at radius 3 is 2.75 bits per heavy atom. The van der Waals surface area contributed by atoms with Crippen molar-refractivity contribution in [3.05, 3.63) is 36.0 Å². The molecule has 2 rings (SSSR count). The van der Waals surface area contributed by atoms with Crippen molar-refractivity contribution in [2.24, 2.45) is 7.05 Å². The van der Waals surface area contributed by atoms with Gasteiger partial charge in [-0.3, -0.25) is 4.79 Å². The zero-order valence-electron chi connectivity index (χ0n) is 9.47. The maximum atomic E-state index is 11.2. The van der Waals surface area contributed by atoms with Crippen molar-refractivity contribution in [1.82, 2.24) is 4.57 Å². The van der Waals surface area contributed by atoms with Gasteiger partial charge in [0, 0.05) is 24.1 Å². The number of aryl methyl sites for hydroxylation is 1. The molecule has 0 amide bonds. The molecule has 0 aliphatic rings. The third kappa shape index (κ3) is 1.58. The summed E-state index contributed by atoms with van der Waals surface area (Å²) >= 11 is 0. The molecule has 16 heavy (non-hydrogen) atoms. The van der Waals surface area contributed by atoms with Gasteiger partial charge in [-0.05, 0) is 18.1 Å². The molecule has 0 bridgehead atoms. The average Bonchev–Trinajstić information content (AvgIpc) is 2.58. The standard InChI is InChI=1S/C13H15NO2/c1-3-9(13(15)16)11-8-14(2)12-7-5-4-6-10(11)12/h4-9H,3H2,1-2H3,(H,15,16). The van der Waals surface area contributed by atoms with E-state index in [4.69, 9.17) is 0 Å². The number of para-hydroxylation sites is 1. The van der Waals surface area contributed by atoms with E-state index in [1.807, 2.05) is 49.0 Å². The molecule has 1 aromatic carbocycles. The minimum absolute atomic E-state index is 0.411. The molecule has 1 N–H and O–H groups in total. The number of fused-ring (bicyclic) bond motifs is 1. The van der Waals surface area contributed by atoms with E-state index < -0.39 is 11.9 Å². The molecule has 0 saturated carbocycles. The summed E-state index contributed by atoms with van der Waals surface area (Å²) in [6.07, 6.45) is 2.54. The van der Waals surface area contributed by atoms with Gasteiger partial charge in [-0.25, -0.2) is 0 Å². The Bertz CT molecular complexity index is 528. The molecule has 1 aromatic heterocycles. The van der Waals surface area contributed by atoms with E-state index in [1.165, 1.54) is 0 Å². The summed E-state index contributed by atoms with van der Waals surface area (Å²) in [7, 11) is 1.94. The third-order valence-electron chi connectivity index (χ3n) is 3.01. The lowest BCUT2D eigenvalue weighted by Gasteiger charge is -2.07. The van der Waals surface area contributed by atoms with E-state index in [-0.39, 0.29) is 0 Å². The number of carboxylic acids is 1. The van der Waals surface area contributed by atoms with Crippen LogP contribution in [0.5, 0.6) is 0 Å².